The molecule has 0 saturated carbocycles. The maximum atomic E-state index is 12.3. The van der Waals surface area contributed by atoms with Crippen LogP contribution in [0.2, 0.25) is 0 Å². The minimum Gasteiger partial charge on any atom is -0.404 e. The van der Waals surface area contributed by atoms with Crippen molar-refractivity contribution < 1.29 is 61.0 Å². The zero-order valence-electron chi connectivity index (χ0n) is 20.4. The van der Waals surface area contributed by atoms with Gasteiger partial charge in [-0.3, -0.25) is 14.0 Å². The number of phosphoric acid groups is 3. The number of hydrogen-bond acceptors (Lipinski definition) is 14. The van der Waals surface area contributed by atoms with Gasteiger partial charge in [0.05, 0.1) is 12.9 Å². The van der Waals surface area contributed by atoms with Crippen molar-refractivity contribution in [3.8, 4) is 5.75 Å². The van der Waals surface area contributed by atoms with Crippen molar-refractivity contribution in [2.45, 2.75) is 24.5 Å². The summed E-state index contributed by atoms with van der Waals surface area (Å²) < 4.78 is 61.2. The van der Waals surface area contributed by atoms with Crippen molar-refractivity contribution in [3.05, 3.63) is 55.1 Å². The van der Waals surface area contributed by atoms with E-state index in [9.17, 15) is 38.6 Å². The molecular weight excluding hydrogens is 611 g/mol. The summed E-state index contributed by atoms with van der Waals surface area (Å²) in [6.45, 7) is -0.948. The van der Waals surface area contributed by atoms with Crippen molar-refractivity contribution in [3.63, 3.8) is 0 Å². The van der Waals surface area contributed by atoms with Crippen LogP contribution in [0.25, 0.3) is 21.9 Å². The number of aliphatic hydroxyl groups excluding tert-OH is 2. The lowest BCUT2D eigenvalue weighted by atomic mass is 10.1. The number of anilines is 1. The predicted octanol–water partition coefficient (Wildman–Crippen LogP) is 1.61. The van der Waals surface area contributed by atoms with Crippen LogP contribution in [0.5, 0.6) is 5.75 Å². The average molecular weight is 633 g/mol. The minimum atomic E-state index is -5.76. The molecule has 0 aliphatic carbocycles. The Morgan fingerprint density at radius 3 is 2.37 bits per heavy atom. The van der Waals surface area contributed by atoms with Gasteiger partial charge in [0, 0.05) is 0 Å². The highest BCUT2D eigenvalue weighted by atomic mass is 31.3. The first-order valence-electron chi connectivity index (χ1n) is 11.4. The molecule has 1 fully saturated rings. The van der Waals surface area contributed by atoms with Crippen LogP contribution in [0.1, 0.15) is 6.23 Å². The second kappa shape index (κ2) is 11.1. The zero-order valence-corrected chi connectivity index (χ0v) is 23.1. The molecule has 7 unspecified atom stereocenters. The molecular formula is C20H22N5O13P3. The summed E-state index contributed by atoms with van der Waals surface area (Å²) in [7, 11) is -16.6. The first-order valence-corrected chi connectivity index (χ1v) is 15.9. The monoisotopic (exact) mass is 633 g/mol. The van der Waals surface area contributed by atoms with E-state index in [0.29, 0.717) is 5.39 Å². The Hall–Kier alpha value is -2.82. The Labute approximate surface area is 229 Å². The molecule has 0 amide bonds. The number of hydrogen-bond donors (Lipinski definition) is 6. The van der Waals surface area contributed by atoms with Gasteiger partial charge in [0.15, 0.2) is 17.7 Å². The molecule has 2 aromatic heterocycles. The maximum absolute atomic E-state index is 12.3. The molecule has 2 aromatic carbocycles. The summed E-state index contributed by atoms with van der Waals surface area (Å²) in [6.07, 6.45) is -3.68. The minimum absolute atomic E-state index is 0.0470. The van der Waals surface area contributed by atoms with E-state index in [0.717, 1.165) is 11.7 Å². The van der Waals surface area contributed by atoms with Crippen LogP contribution in [0.4, 0.5) is 5.82 Å². The molecule has 5 rings (SSSR count). The van der Waals surface area contributed by atoms with Gasteiger partial charge in [0.1, 0.15) is 35.9 Å². The summed E-state index contributed by atoms with van der Waals surface area (Å²) in [5, 5.41) is 22.2. The highest BCUT2D eigenvalue weighted by Crippen LogP contribution is 2.67. The fourth-order valence-electron chi connectivity index (χ4n) is 3.99. The van der Waals surface area contributed by atoms with Gasteiger partial charge in [-0.15, -0.1) is 0 Å². The quantitative estimate of drug-likeness (QED) is 0.135. The van der Waals surface area contributed by atoms with Gasteiger partial charge in [0.2, 0.25) is 0 Å². The lowest BCUT2D eigenvalue weighted by Gasteiger charge is -2.20. The third kappa shape index (κ3) is 6.65. The van der Waals surface area contributed by atoms with Crippen molar-refractivity contribution in [2.24, 2.45) is 0 Å². The van der Waals surface area contributed by atoms with Gasteiger partial charge in [-0.05, 0) is 22.9 Å². The fourth-order valence-corrected chi connectivity index (χ4v) is 7.50. The summed E-state index contributed by atoms with van der Waals surface area (Å²) in [5.74, 6) is -0.163. The van der Waals surface area contributed by atoms with Crippen LogP contribution in [-0.4, -0.2) is 69.3 Å². The molecule has 1 aliphatic heterocycles. The van der Waals surface area contributed by atoms with Crippen molar-refractivity contribution in [2.75, 3.05) is 12.3 Å². The van der Waals surface area contributed by atoms with E-state index in [1.165, 1.54) is 23.0 Å². The van der Waals surface area contributed by atoms with E-state index >= 15 is 0 Å². The summed E-state index contributed by atoms with van der Waals surface area (Å²) >= 11 is 0. The predicted molar refractivity (Wildman–Crippen MR) is 138 cm³/mol. The largest absolute Gasteiger partial charge is 0.536 e. The van der Waals surface area contributed by atoms with Crippen LogP contribution in [0.3, 0.4) is 0 Å². The lowest BCUT2D eigenvalue weighted by Crippen LogP contribution is -2.33. The van der Waals surface area contributed by atoms with E-state index in [1.54, 1.807) is 30.3 Å². The van der Waals surface area contributed by atoms with E-state index < -0.39 is 54.6 Å². The molecule has 41 heavy (non-hydrogen) atoms. The van der Waals surface area contributed by atoms with Crippen molar-refractivity contribution in [1.29, 1.82) is 0 Å². The summed E-state index contributed by atoms with van der Waals surface area (Å²) in [4.78, 5) is 41.5. The van der Waals surface area contributed by atoms with Gasteiger partial charge in [-0.2, -0.15) is 8.62 Å². The molecule has 21 heteroatoms. The number of ether oxygens (including phenoxy) is 1. The average Bonchev–Trinajstić information content (AvgIpc) is 3.43. The highest BCUT2D eigenvalue weighted by molar-refractivity contribution is 7.67. The number of aromatic nitrogens is 4. The van der Waals surface area contributed by atoms with Gasteiger partial charge >= 0.3 is 23.5 Å². The Kier molecular flexibility index (Phi) is 8.04. The standard InChI is InChI=1S/C20H22N5O13P3/c21-18-15-19(23-9-22-18)25(10-24-15)20-17(27)16(26)14(35-20)8-34-39(28,29)37-41(32,33)38-40(30,31)36-13-6-5-11-3-1-2-4-12(11)7-13/h1-7,9-10,14,16-17,20,26-27H,8H2,(H,28,29)(H,30,31)(H,32,33)(H2,21,22,23). The number of rotatable bonds is 10. The topological polar surface area (TPSA) is 268 Å². The van der Waals surface area contributed by atoms with Crippen molar-refractivity contribution >= 4 is 51.2 Å². The van der Waals surface area contributed by atoms with Gasteiger partial charge in [-0.1, -0.05) is 30.3 Å². The molecule has 7 atom stereocenters. The molecule has 7 N–H and O–H groups in total. The molecule has 1 aliphatic rings. The smallest absolute Gasteiger partial charge is 0.404 e. The fraction of sp³-hybridized carbons (Fsp3) is 0.250. The van der Waals surface area contributed by atoms with Gasteiger partial charge in [0.25, 0.3) is 0 Å². The molecule has 18 nitrogen and oxygen atoms in total. The SMILES string of the molecule is Nc1ncnc2c1ncn2C1OC(COP(=O)(O)OP(=O)(O)OP(=O)(O)Oc2ccc3ccccc3c2)C(O)C1O. The normalized spacial score (nSPS) is 25.5. The second-order valence-electron chi connectivity index (χ2n) is 8.59. The van der Waals surface area contributed by atoms with Crippen LogP contribution < -0.4 is 10.3 Å². The summed E-state index contributed by atoms with van der Waals surface area (Å²) in [6, 6.07) is 11.1. The zero-order chi connectivity index (χ0) is 29.6. The van der Waals surface area contributed by atoms with E-state index in [4.69, 9.17) is 15.0 Å². The lowest BCUT2D eigenvalue weighted by molar-refractivity contribution is -0.0503. The summed E-state index contributed by atoms with van der Waals surface area (Å²) in [5.41, 5.74) is 6.08. The van der Waals surface area contributed by atoms with Crippen LogP contribution >= 0.6 is 23.5 Å². The third-order valence-corrected chi connectivity index (χ3v) is 9.97. The van der Waals surface area contributed by atoms with Crippen molar-refractivity contribution in [1.82, 2.24) is 19.5 Å². The van der Waals surface area contributed by atoms with E-state index in [1.807, 2.05) is 0 Å². The molecule has 3 heterocycles. The van der Waals surface area contributed by atoms with Crippen LogP contribution in [-0.2, 0) is 31.6 Å². The number of nitrogens with zero attached hydrogens (tertiary/aromatic N) is 4. The maximum Gasteiger partial charge on any atom is 0.536 e. The molecule has 0 bridgehead atoms. The third-order valence-electron chi connectivity index (χ3n) is 5.75. The number of imidazole rings is 1. The first kappa shape index (κ1) is 29.7. The number of nitrogens with two attached hydrogens (primary N) is 1. The van der Waals surface area contributed by atoms with Crippen LogP contribution in [0.15, 0.2) is 55.1 Å². The second-order valence-corrected chi connectivity index (χ2v) is 13.2. The number of aliphatic hydroxyl groups is 2. The molecule has 0 spiro atoms. The number of benzene rings is 2. The Morgan fingerprint density at radius 2 is 1.61 bits per heavy atom. The number of phosphoric ester groups is 2. The molecule has 0 radical (unpaired) electrons. The van der Waals surface area contributed by atoms with Crippen LogP contribution in [0, 0.1) is 0 Å². The number of fused-ring (bicyclic) bond motifs is 2. The number of nitrogen functional groups attached to an aromatic ring is 1. The Morgan fingerprint density at radius 1 is 0.902 bits per heavy atom. The first-order chi connectivity index (χ1) is 19.2. The molecule has 4 aromatic rings. The molecule has 1 saturated heterocycles. The highest BCUT2D eigenvalue weighted by Gasteiger charge is 2.47. The van der Waals surface area contributed by atoms with E-state index in [2.05, 4.69) is 28.1 Å². The van der Waals surface area contributed by atoms with Gasteiger partial charge < -0.3 is 35.0 Å². The van der Waals surface area contributed by atoms with E-state index in [-0.39, 0.29) is 22.7 Å². The molecule has 220 valence electrons. The Bertz CT molecular complexity index is 1740. The van der Waals surface area contributed by atoms with Gasteiger partial charge in [-0.25, -0.2) is 28.6 Å². The Balaban J connectivity index is 1.20.